The molecule has 1 unspecified atom stereocenters. The monoisotopic (exact) mass is 440 g/mol. The second-order valence-electron chi connectivity index (χ2n) is 8.18. The van der Waals surface area contributed by atoms with Crippen molar-refractivity contribution >= 4 is 35.1 Å². The summed E-state index contributed by atoms with van der Waals surface area (Å²) in [6.07, 6.45) is 4.32. The van der Waals surface area contributed by atoms with Crippen LogP contribution in [0.2, 0.25) is 10.0 Å². The minimum Gasteiger partial charge on any atom is -0.381 e. The molecule has 1 saturated heterocycles. The van der Waals surface area contributed by atoms with Crippen molar-refractivity contribution in [3.05, 3.63) is 33.8 Å². The molecule has 0 bridgehead atoms. The van der Waals surface area contributed by atoms with Gasteiger partial charge in [0.05, 0.1) is 6.61 Å². The lowest BCUT2D eigenvalue weighted by Gasteiger charge is -2.43. The number of benzene rings is 1. The predicted molar refractivity (Wildman–Crippen MR) is 118 cm³/mol. The molecular formula is C21H30Cl2N4O2. The highest BCUT2D eigenvalue weighted by atomic mass is 35.5. The minimum atomic E-state index is -0.0356. The Bertz CT molecular complexity index is 744. The number of nitrogens with zero attached hydrogens (tertiary/aromatic N) is 2. The summed E-state index contributed by atoms with van der Waals surface area (Å²) in [5.74, 6) is 1.09. The van der Waals surface area contributed by atoms with Crippen LogP contribution in [0.1, 0.15) is 31.2 Å². The molecule has 1 aromatic rings. The first-order valence-electron chi connectivity index (χ1n) is 10.2. The summed E-state index contributed by atoms with van der Waals surface area (Å²) in [5, 5.41) is 8.19. The van der Waals surface area contributed by atoms with Crippen LogP contribution in [0.15, 0.2) is 23.2 Å². The lowest BCUT2D eigenvalue weighted by molar-refractivity contribution is -0.127. The number of nitrogens with one attached hydrogen (secondary N) is 2. The molecule has 160 valence electrons. The van der Waals surface area contributed by atoms with E-state index in [1.54, 1.807) is 19.0 Å². The summed E-state index contributed by atoms with van der Waals surface area (Å²) in [6, 6.07) is 5.73. The van der Waals surface area contributed by atoms with Crippen molar-refractivity contribution in [3.63, 3.8) is 0 Å². The number of amides is 1. The number of guanidine groups is 1. The van der Waals surface area contributed by atoms with Crippen molar-refractivity contribution < 1.29 is 9.53 Å². The zero-order valence-electron chi connectivity index (χ0n) is 17.1. The first kappa shape index (κ1) is 22.2. The largest absolute Gasteiger partial charge is 0.381 e. The van der Waals surface area contributed by atoms with Gasteiger partial charge in [0.15, 0.2) is 5.96 Å². The fourth-order valence-electron chi connectivity index (χ4n) is 3.77. The zero-order valence-corrected chi connectivity index (χ0v) is 18.7. The maximum absolute atomic E-state index is 12.0. The SMILES string of the molecule is CN(C)C(=O)CN=C(NCC1CCOC1)NCC1(c2ccc(Cl)cc2Cl)CCC1. The Morgan fingerprint density at radius 2 is 2.10 bits per heavy atom. The quantitative estimate of drug-likeness (QED) is 0.504. The molecule has 1 saturated carbocycles. The summed E-state index contributed by atoms with van der Waals surface area (Å²) in [5.41, 5.74) is 1.09. The topological polar surface area (TPSA) is 66.0 Å². The van der Waals surface area contributed by atoms with Gasteiger partial charge >= 0.3 is 0 Å². The van der Waals surface area contributed by atoms with Crippen LogP contribution in [0.25, 0.3) is 0 Å². The first-order chi connectivity index (χ1) is 13.9. The number of hydrogen-bond acceptors (Lipinski definition) is 3. The van der Waals surface area contributed by atoms with Gasteiger partial charge in [-0.05, 0) is 37.0 Å². The second-order valence-corrected chi connectivity index (χ2v) is 9.02. The molecule has 1 aliphatic carbocycles. The molecule has 1 aromatic carbocycles. The number of aliphatic imine (C=N–C) groups is 1. The van der Waals surface area contributed by atoms with Crippen LogP contribution in [-0.4, -0.2) is 63.7 Å². The number of carbonyl (C=O) groups excluding carboxylic acids is 1. The van der Waals surface area contributed by atoms with Crippen LogP contribution in [-0.2, 0) is 14.9 Å². The van der Waals surface area contributed by atoms with Crippen molar-refractivity contribution in [1.82, 2.24) is 15.5 Å². The highest BCUT2D eigenvalue weighted by molar-refractivity contribution is 6.35. The Morgan fingerprint density at radius 1 is 1.31 bits per heavy atom. The van der Waals surface area contributed by atoms with Crippen molar-refractivity contribution in [3.8, 4) is 0 Å². The molecule has 2 fully saturated rings. The van der Waals surface area contributed by atoms with Crippen LogP contribution >= 0.6 is 23.2 Å². The number of likely N-dealkylation sites (N-methyl/N-ethyl adjacent to an activating group) is 1. The maximum Gasteiger partial charge on any atom is 0.243 e. The molecule has 1 heterocycles. The lowest BCUT2D eigenvalue weighted by atomic mass is 9.64. The third kappa shape index (κ3) is 5.77. The molecule has 1 aliphatic heterocycles. The molecule has 29 heavy (non-hydrogen) atoms. The van der Waals surface area contributed by atoms with E-state index in [0.717, 1.165) is 44.6 Å². The van der Waals surface area contributed by atoms with E-state index in [4.69, 9.17) is 27.9 Å². The molecule has 6 nitrogen and oxygen atoms in total. The number of halogens is 2. The maximum atomic E-state index is 12.0. The number of ether oxygens (including phenoxy) is 1. The van der Waals surface area contributed by atoms with Crippen molar-refractivity contribution in [2.24, 2.45) is 10.9 Å². The third-order valence-electron chi connectivity index (χ3n) is 5.86. The van der Waals surface area contributed by atoms with Crippen molar-refractivity contribution in [2.45, 2.75) is 31.1 Å². The van der Waals surface area contributed by atoms with E-state index in [9.17, 15) is 4.79 Å². The standard InChI is InChI=1S/C21H30Cl2N4O2/c1-27(2)19(28)12-25-20(24-11-15-6-9-29-13-15)26-14-21(7-3-8-21)17-5-4-16(22)10-18(17)23/h4-5,10,15H,3,6-9,11-14H2,1-2H3,(H2,24,25,26). The van der Waals surface area contributed by atoms with Gasteiger partial charge in [-0.3, -0.25) is 4.79 Å². The third-order valence-corrected chi connectivity index (χ3v) is 6.41. The average molecular weight is 441 g/mol. The predicted octanol–water partition coefficient (Wildman–Crippen LogP) is 3.08. The van der Waals surface area contributed by atoms with Crippen LogP contribution in [0.5, 0.6) is 0 Å². The summed E-state index contributed by atoms with van der Waals surface area (Å²) in [6.45, 7) is 3.16. The molecule has 1 atom stereocenters. The van der Waals surface area contributed by atoms with E-state index in [0.29, 0.717) is 28.5 Å². The van der Waals surface area contributed by atoms with Crippen molar-refractivity contribution in [2.75, 3.05) is 46.9 Å². The average Bonchev–Trinajstić information content (AvgIpc) is 3.16. The molecule has 2 aliphatic rings. The molecule has 2 N–H and O–H groups in total. The van der Waals surface area contributed by atoms with Gasteiger partial charge in [0.1, 0.15) is 6.54 Å². The molecule has 0 aromatic heterocycles. The summed E-state index contributed by atoms with van der Waals surface area (Å²) in [4.78, 5) is 18.0. The van der Waals surface area contributed by atoms with Crippen molar-refractivity contribution in [1.29, 1.82) is 0 Å². The normalized spacial score (nSPS) is 20.8. The fourth-order valence-corrected chi connectivity index (χ4v) is 4.37. The van der Waals surface area contributed by atoms with E-state index < -0.39 is 0 Å². The molecule has 0 radical (unpaired) electrons. The molecular weight excluding hydrogens is 411 g/mol. The molecule has 3 rings (SSSR count). The van der Waals surface area contributed by atoms with Crippen LogP contribution in [0, 0.1) is 5.92 Å². The number of rotatable bonds is 7. The lowest BCUT2D eigenvalue weighted by Crippen LogP contribution is -2.50. The van der Waals surface area contributed by atoms with Crippen LogP contribution < -0.4 is 10.6 Å². The Kier molecular flexibility index (Phi) is 7.66. The zero-order chi connectivity index (χ0) is 20.9. The van der Waals surface area contributed by atoms with Gasteiger partial charge in [-0.25, -0.2) is 4.99 Å². The Morgan fingerprint density at radius 3 is 2.69 bits per heavy atom. The van der Waals surface area contributed by atoms with Crippen LogP contribution in [0.4, 0.5) is 0 Å². The van der Waals surface area contributed by atoms with Gasteiger partial charge in [0.25, 0.3) is 0 Å². The molecule has 1 amide bonds. The summed E-state index contributed by atoms with van der Waals surface area (Å²) < 4.78 is 5.45. The Hall–Kier alpha value is -1.50. The van der Waals surface area contributed by atoms with Gasteiger partial charge < -0.3 is 20.3 Å². The summed E-state index contributed by atoms with van der Waals surface area (Å²) >= 11 is 12.6. The minimum absolute atomic E-state index is 0.0330. The summed E-state index contributed by atoms with van der Waals surface area (Å²) in [7, 11) is 3.47. The van der Waals surface area contributed by atoms with E-state index in [1.807, 2.05) is 18.2 Å². The van der Waals surface area contributed by atoms with Gasteiger partial charge in [0, 0.05) is 55.2 Å². The number of hydrogen-bond donors (Lipinski definition) is 2. The Labute approximate surface area is 183 Å². The van der Waals surface area contributed by atoms with E-state index in [1.165, 1.54) is 6.42 Å². The fraction of sp³-hybridized carbons (Fsp3) is 0.619. The highest BCUT2D eigenvalue weighted by Crippen LogP contribution is 2.46. The first-order valence-corrected chi connectivity index (χ1v) is 10.9. The highest BCUT2D eigenvalue weighted by Gasteiger charge is 2.40. The molecule has 8 heteroatoms. The van der Waals surface area contributed by atoms with Gasteiger partial charge in [-0.2, -0.15) is 0 Å². The van der Waals surface area contributed by atoms with E-state index in [-0.39, 0.29) is 17.9 Å². The van der Waals surface area contributed by atoms with Crippen LogP contribution in [0.3, 0.4) is 0 Å². The Balaban J connectivity index is 1.68. The second kappa shape index (κ2) is 10.0. The van der Waals surface area contributed by atoms with E-state index in [2.05, 4.69) is 15.6 Å². The number of carbonyl (C=O) groups is 1. The smallest absolute Gasteiger partial charge is 0.243 e. The van der Waals surface area contributed by atoms with Gasteiger partial charge in [0.2, 0.25) is 5.91 Å². The van der Waals surface area contributed by atoms with Gasteiger partial charge in [-0.15, -0.1) is 0 Å². The van der Waals surface area contributed by atoms with Gasteiger partial charge in [-0.1, -0.05) is 35.7 Å². The van der Waals surface area contributed by atoms with E-state index >= 15 is 0 Å². The molecule has 0 spiro atoms.